The van der Waals surface area contributed by atoms with Gasteiger partial charge in [-0.15, -0.1) is 0 Å². The van der Waals surface area contributed by atoms with Crippen molar-refractivity contribution in [3.8, 4) is 11.5 Å². The van der Waals surface area contributed by atoms with Crippen LogP contribution in [0.5, 0.6) is 11.5 Å². The first kappa shape index (κ1) is 17.8. The second kappa shape index (κ2) is 7.48. The van der Waals surface area contributed by atoms with E-state index in [0.717, 1.165) is 11.1 Å². The Morgan fingerprint density at radius 3 is 2.15 bits per heavy atom. The lowest BCUT2D eigenvalue weighted by Gasteiger charge is -2.19. The van der Waals surface area contributed by atoms with E-state index in [1.807, 2.05) is 19.1 Å². The minimum Gasteiger partial charge on any atom is -0.496 e. The van der Waals surface area contributed by atoms with Gasteiger partial charge < -0.3 is 14.4 Å². The van der Waals surface area contributed by atoms with Crippen LogP contribution in [-0.4, -0.2) is 32.1 Å². The van der Waals surface area contributed by atoms with Gasteiger partial charge in [0.1, 0.15) is 11.5 Å². The summed E-state index contributed by atoms with van der Waals surface area (Å²) in [6, 6.07) is 18.0. The van der Waals surface area contributed by atoms with Crippen LogP contribution in [0.4, 0.5) is 0 Å². The highest BCUT2D eigenvalue weighted by Crippen LogP contribution is 2.30. The molecule has 0 heterocycles. The average molecular weight is 349 g/mol. The highest BCUT2D eigenvalue weighted by Gasteiger charge is 2.17. The van der Waals surface area contributed by atoms with Gasteiger partial charge in [-0.3, -0.25) is 4.79 Å². The minimum absolute atomic E-state index is 0.0743. The summed E-state index contributed by atoms with van der Waals surface area (Å²) in [6.07, 6.45) is 0. The van der Waals surface area contributed by atoms with Crippen molar-refractivity contribution in [2.45, 2.75) is 13.5 Å². The Labute approximate surface area is 154 Å². The van der Waals surface area contributed by atoms with Crippen LogP contribution in [0.3, 0.4) is 0 Å². The van der Waals surface area contributed by atoms with E-state index < -0.39 is 0 Å². The highest BCUT2D eigenvalue weighted by atomic mass is 16.5. The molecule has 4 nitrogen and oxygen atoms in total. The van der Waals surface area contributed by atoms with Gasteiger partial charge in [0.2, 0.25) is 0 Å². The van der Waals surface area contributed by atoms with Crippen LogP contribution in [0.2, 0.25) is 0 Å². The van der Waals surface area contributed by atoms with Crippen molar-refractivity contribution in [2.24, 2.45) is 0 Å². The largest absolute Gasteiger partial charge is 0.496 e. The van der Waals surface area contributed by atoms with E-state index >= 15 is 0 Å². The van der Waals surface area contributed by atoms with Crippen LogP contribution >= 0.6 is 0 Å². The molecule has 0 atom stereocenters. The summed E-state index contributed by atoms with van der Waals surface area (Å²) in [7, 11) is 4.99. The summed E-state index contributed by atoms with van der Waals surface area (Å²) < 4.78 is 10.7. The maximum absolute atomic E-state index is 12.9. The van der Waals surface area contributed by atoms with Crippen LogP contribution in [-0.2, 0) is 6.54 Å². The van der Waals surface area contributed by atoms with Crippen LogP contribution in [0.25, 0.3) is 10.8 Å². The summed E-state index contributed by atoms with van der Waals surface area (Å²) in [4.78, 5) is 14.6. The predicted molar refractivity (Wildman–Crippen MR) is 104 cm³/mol. The van der Waals surface area contributed by atoms with Crippen LogP contribution < -0.4 is 9.47 Å². The number of carbonyl (C=O) groups excluding carboxylic acids is 1. The summed E-state index contributed by atoms with van der Waals surface area (Å²) >= 11 is 0. The third-order valence-electron chi connectivity index (χ3n) is 4.58. The van der Waals surface area contributed by atoms with Gasteiger partial charge in [0, 0.05) is 24.7 Å². The molecule has 0 aliphatic rings. The predicted octanol–water partition coefficient (Wildman–Crippen LogP) is 4.44. The maximum atomic E-state index is 12.9. The van der Waals surface area contributed by atoms with E-state index in [2.05, 4.69) is 30.3 Å². The van der Waals surface area contributed by atoms with E-state index in [4.69, 9.17) is 9.47 Å². The Kier molecular flexibility index (Phi) is 5.12. The number of carbonyl (C=O) groups is 1. The molecule has 134 valence electrons. The SMILES string of the molecule is COc1cc(C(=O)N(C)Cc2ccc3ccccc3c2)cc(OC)c1C. The van der Waals surface area contributed by atoms with Crippen molar-refractivity contribution in [1.82, 2.24) is 4.90 Å². The Hall–Kier alpha value is -3.01. The van der Waals surface area contributed by atoms with Crippen molar-refractivity contribution < 1.29 is 14.3 Å². The second-order valence-electron chi connectivity index (χ2n) is 6.35. The number of rotatable bonds is 5. The van der Waals surface area contributed by atoms with Crippen molar-refractivity contribution >= 4 is 16.7 Å². The quantitative estimate of drug-likeness (QED) is 0.684. The van der Waals surface area contributed by atoms with Crippen molar-refractivity contribution in [3.63, 3.8) is 0 Å². The normalized spacial score (nSPS) is 10.6. The molecule has 0 aliphatic heterocycles. The number of hydrogen-bond donors (Lipinski definition) is 0. The molecule has 1 amide bonds. The molecule has 0 bridgehead atoms. The summed E-state index contributed by atoms with van der Waals surface area (Å²) in [6.45, 7) is 2.44. The van der Waals surface area contributed by atoms with E-state index in [1.54, 1.807) is 38.3 Å². The molecule has 3 aromatic carbocycles. The van der Waals surface area contributed by atoms with E-state index in [1.165, 1.54) is 10.8 Å². The van der Waals surface area contributed by atoms with Gasteiger partial charge >= 0.3 is 0 Å². The first-order valence-electron chi connectivity index (χ1n) is 8.49. The lowest BCUT2D eigenvalue weighted by atomic mass is 10.1. The van der Waals surface area contributed by atoms with Crippen LogP contribution in [0.15, 0.2) is 54.6 Å². The number of nitrogens with zero attached hydrogens (tertiary/aromatic N) is 1. The zero-order valence-corrected chi connectivity index (χ0v) is 15.6. The molecule has 0 saturated carbocycles. The molecule has 0 N–H and O–H groups in total. The standard InChI is InChI=1S/C22H23NO3/c1-15-20(25-3)12-19(13-21(15)26-4)22(24)23(2)14-16-9-10-17-7-5-6-8-18(17)11-16/h5-13H,14H2,1-4H3. The smallest absolute Gasteiger partial charge is 0.254 e. The number of amides is 1. The monoisotopic (exact) mass is 349 g/mol. The average Bonchev–Trinajstić information content (AvgIpc) is 2.67. The van der Waals surface area contributed by atoms with Gasteiger partial charge in [-0.1, -0.05) is 36.4 Å². The zero-order chi connectivity index (χ0) is 18.7. The first-order chi connectivity index (χ1) is 12.5. The number of hydrogen-bond acceptors (Lipinski definition) is 3. The third kappa shape index (κ3) is 3.49. The Balaban J connectivity index is 1.84. The molecular weight excluding hydrogens is 326 g/mol. The number of fused-ring (bicyclic) bond motifs is 1. The van der Waals surface area contributed by atoms with Crippen molar-refractivity contribution in [1.29, 1.82) is 0 Å². The Morgan fingerprint density at radius 2 is 1.54 bits per heavy atom. The molecule has 0 aliphatic carbocycles. The Morgan fingerprint density at radius 1 is 0.923 bits per heavy atom. The topological polar surface area (TPSA) is 38.8 Å². The zero-order valence-electron chi connectivity index (χ0n) is 15.6. The fourth-order valence-corrected chi connectivity index (χ4v) is 3.11. The van der Waals surface area contributed by atoms with E-state index in [-0.39, 0.29) is 5.91 Å². The van der Waals surface area contributed by atoms with Gasteiger partial charge in [0.05, 0.1) is 14.2 Å². The van der Waals surface area contributed by atoms with Crippen molar-refractivity contribution in [3.05, 3.63) is 71.3 Å². The molecule has 0 unspecified atom stereocenters. The third-order valence-corrected chi connectivity index (χ3v) is 4.58. The van der Waals surface area contributed by atoms with Gasteiger partial charge in [0.25, 0.3) is 5.91 Å². The van der Waals surface area contributed by atoms with Crippen LogP contribution in [0, 0.1) is 6.92 Å². The first-order valence-corrected chi connectivity index (χ1v) is 8.49. The minimum atomic E-state index is -0.0743. The van der Waals surface area contributed by atoms with Gasteiger partial charge in [-0.2, -0.15) is 0 Å². The second-order valence-corrected chi connectivity index (χ2v) is 6.35. The summed E-state index contributed by atoms with van der Waals surface area (Å²) in [5.41, 5.74) is 2.52. The fraction of sp³-hybridized carbons (Fsp3) is 0.227. The summed E-state index contributed by atoms with van der Waals surface area (Å²) in [5, 5.41) is 2.36. The van der Waals surface area contributed by atoms with Crippen molar-refractivity contribution in [2.75, 3.05) is 21.3 Å². The number of methoxy groups -OCH3 is 2. The molecule has 0 fully saturated rings. The molecule has 26 heavy (non-hydrogen) atoms. The fourth-order valence-electron chi connectivity index (χ4n) is 3.11. The molecule has 4 heteroatoms. The maximum Gasteiger partial charge on any atom is 0.254 e. The van der Waals surface area contributed by atoms with E-state index in [0.29, 0.717) is 23.6 Å². The lowest BCUT2D eigenvalue weighted by molar-refractivity contribution is 0.0784. The molecule has 0 saturated heterocycles. The molecule has 0 spiro atoms. The van der Waals surface area contributed by atoms with Gasteiger partial charge in [-0.25, -0.2) is 0 Å². The lowest BCUT2D eigenvalue weighted by Crippen LogP contribution is -2.26. The van der Waals surface area contributed by atoms with Gasteiger partial charge in [-0.05, 0) is 41.5 Å². The van der Waals surface area contributed by atoms with Crippen LogP contribution in [0.1, 0.15) is 21.5 Å². The molecule has 3 aromatic rings. The molecular formula is C22H23NO3. The molecule has 3 rings (SSSR count). The molecule has 0 aromatic heterocycles. The number of benzene rings is 3. The summed E-state index contributed by atoms with van der Waals surface area (Å²) in [5.74, 6) is 1.22. The molecule has 0 radical (unpaired) electrons. The Bertz CT molecular complexity index is 924. The highest BCUT2D eigenvalue weighted by molar-refractivity contribution is 5.95. The van der Waals surface area contributed by atoms with E-state index in [9.17, 15) is 4.79 Å². The van der Waals surface area contributed by atoms with Gasteiger partial charge in [0.15, 0.2) is 0 Å². The number of ether oxygens (including phenoxy) is 2.